The number of para-hydroxylation sites is 2. The predicted octanol–water partition coefficient (Wildman–Crippen LogP) is 2.68. The molecule has 1 N–H and O–H groups in total. The van der Waals surface area contributed by atoms with E-state index in [1.807, 2.05) is 29.2 Å². The van der Waals surface area contributed by atoms with Crippen molar-refractivity contribution in [1.29, 1.82) is 0 Å². The molecule has 34 heavy (non-hydrogen) atoms. The molecule has 2 aromatic rings. The summed E-state index contributed by atoms with van der Waals surface area (Å²) >= 11 is 0. The molecule has 4 rings (SSSR count). The van der Waals surface area contributed by atoms with E-state index >= 15 is 0 Å². The SMILES string of the molecule is O=C(CN1CCN(C(=O)CN2CCOc3ccccc3C2)CC1)Nc1ccccc1C(F)(F)F. The number of ether oxygens (including phenoxy) is 1. The number of hydrogen-bond acceptors (Lipinski definition) is 5. The number of rotatable bonds is 5. The van der Waals surface area contributed by atoms with Crippen molar-refractivity contribution in [1.82, 2.24) is 14.7 Å². The average molecular weight is 476 g/mol. The average Bonchev–Trinajstić information content (AvgIpc) is 3.00. The molecule has 0 aliphatic carbocycles. The lowest BCUT2D eigenvalue weighted by Crippen LogP contribution is -2.52. The summed E-state index contributed by atoms with van der Waals surface area (Å²) in [7, 11) is 0. The summed E-state index contributed by atoms with van der Waals surface area (Å²) in [6, 6.07) is 12.7. The molecule has 10 heteroatoms. The Bertz CT molecular complexity index is 1020. The minimum absolute atomic E-state index is 0.0163. The number of carbonyl (C=O) groups is 2. The van der Waals surface area contributed by atoms with Gasteiger partial charge < -0.3 is 15.0 Å². The molecule has 0 spiro atoms. The molecule has 1 fully saturated rings. The number of halogens is 3. The number of fused-ring (bicyclic) bond motifs is 1. The molecular weight excluding hydrogens is 449 g/mol. The maximum atomic E-state index is 13.1. The second-order valence-electron chi connectivity index (χ2n) is 8.42. The van der Waals surface area contributed by atoms with Gasteiger partial charge in [0.15, 0.2) is 0 Å². The van der Waals surface area contributed by atoms with Crippen LogP contribution < -0.4 is 10.1 Å². The van der Waals surface area contributed by atoms with E-state index in [4.69, 9.17) is 4.74 Å². The van der Waals surface area contributed by atoms with Crippen molar-refractivity contribution >= 4 is 17.5 Å². The first-order valence-corrected chi connectivity index (χ1v) is 11.2. The fourth-order valence-corrected chi connectivity index (χ4v) is 4.19. The Hall–Kier alpha value is -3.11. The highest BCUT2D eigenvalue weighted by Crippen LogP contribution is 2.34. The number of piperazine rings is 1. The zero-order chi connectivity index (χ0) is 24.1. The van der Waals surface area contributed by atoms with Gasteiger partial charge in [0.1, 0.15) is 12.4 Å². The number of hydrogen-bond donors (Lipinski definition) is 1. The summed E-state index contributed by atoms with van der Waals surface area (Å²) in [4.78, 5) is 30.9. The molecule has 0 bridgehead atoms. The van der Waals surface area contributed by atoms with Crippen LogP contribution in [0, 0.1) is 0 Å². The van der Waals surface area contributed by atoms with Gasteiger partial charge in [0, 0.05) is 44.8 Å². The Balaban J connectivity index is 1.24. The molecular formula is C24H27F3N4O3. The molecule has 2 heterocycles. The maximum absolute atomic E-state index is 13.1. The van der Waals surface area contributed by atoms with E-state index in [0.717, 1.165) is 17.4 Å². The van der Waals surface area contributed by atoms with E-state index in [1.54, 1.807) is 4.90 Å². The van der Waals surface area contributed by atoms with Gasteiger partial charge >= 0.3 is 6.18 Å². The third-order valence-corrected chi connectivity index (χ3v) is 5.99. The van der Waals surface area contributed by atoms with Gasteiger partial charge in [-0.15, -0.1) is 0 Å². The zero-order valence-electron chi connectivity index (χ0n) is 18.7. The van der Waals surface area contributed by atoms with Gasteiger partial charge in [-0.3, -0.25) is 19.4 Å². The Kier molecular flexibility index (Phi) is 7.38. The first-order valence-electron chi connectivity index (χ1n) is 11.2. The van der Waals surface area contributed by atoms with Crippen molar-refractivity contribution in [3.63, 3.8) is 0 Å². The molecule has 7 nitrogen and oxygen atoms in total. The fourth-order valence-electron chi connectivity index (χ4n) is 4.19. The molecule has 0 unspecified atom stereocenters. The Labute approximate surface area is 196 Å². The smallest absolute Gasteiger partial charge is 0.418 e. The Morgan fingerprint density at radius 3 is 2.35 bits per heavy atom. The number of alkyl halides is 3. The van der Waals surface area contributed by atoms with Gasteiger partial charge in [-0.05, 0) is 18.2 Å². The summed E-state index contributed by atoms with van der Waals surface area (Å²) < 4.78 is 45.1. The monoisotopic (exact) mass is 476 g/mol. The second-order valence-corrected chi connectivity index (χ2v) is 8.42. The minimum atomic E-state index is -4.54. The largest absolute Gasteiger partial charge is 0.492 e. The molecule has 182 valence electrons. The third kappa shape index (κ3) is 6.06. The highest BCUT2D eigenvalue weighted by molar-refractivity contribution is 5.93. The molecule has 0 saturated carbocycles. The van der Waals surface area contributed by atoms with Crippen molar-refractivity contribution in [2.24, 2.45) is 0 Å². The lowest BCUT2D eigenvalue weighted by atomic mass is 10.1. The number of nitrogens with one attached hydrogen (secondary N) is 1. The van der Waals surface area contributed by atoms with Crippen LogP contribution in [0.4, 0.5) is 18.9 Å². The number of amides is 2. The molecule has 1 saturated heterocycles. The molecule has 2 aromatic carbocycles. The molecule has 2 amide bonds. The van der Waals surface area contributed by atoms with Crippen LogP contribution in [0.2, 0.25) is 0 Å². The summed E-state index contributed by atoms with van der Waals surface area (Å²) in [5, 5.41) is 2.37. The van der Waals surface area contributed by atoms with Crippen LogP contribution in [0.1, 0.15) is 11.1 Å². The van der Waals surface area contributed by atoms with Gasteiger partial charge in [-0.25, -0.2) is 0 Å². The van der Waals surface area contributed by atoms with Crippen LogP contribution in [0.3, 0.4) is 0 Å². The standard InChI is InChI=1S/C24H27F3N4O3/c25-24(26,27)19-6-2-3-7-20(19)28-22(32)16-29-9-11-31(12-10-29)23(33)17-30-13-14-34-21-8-4-1-5-18(21)15-30/h1-8H,9-17H2,(H,28,32). The number of nitrogens with zero attached hydrogens (tertiary/aromatic N) is 3. The topological polar surface area (TPSA) is 65.1 Å². The van der Waals surface area contributed by atoms with Crippen LogP contribution in [0.25, 0.3) is 0 Å². The van der Waals surface area contributed by atoms with E-state index in [-0.39, 0.29) is 24.7 Å². The van der Waals surface area contributed by atoms with E-state index < -0.39 is 17.6 Å². The first kappa shape index (κ1) is 24.0. The van der Waals surface area contributed by atoms with Gasteiger partial charge in [-0.1, -0.05) is 30.3 Å². The number of anilines is 1. The minimum Gasteiger partial charge on any atom is -0.492 e. The van der Waals surface area contributed by atoms with Crippen LogP contribution >= 0.6 is 0 Å². The predicted molar refractivity (Wildman–Crippen MR) is 120 cm³/mol. The normalized spacial score (nSPS) is 17.4. The highest BCUT2D eigenvalue weighted by Gasteiger charge is 2.33. The molecule has 2 aliphatic heterocycles. The zero-order valence-corrected chi connectivity index (χ0v) is 18.7. The van der Waals surface area contributed by atoms with Crippen molar-refractivity contribution in [2.75, 3.05) is 57.7 Å². The van der Waals surface area contributed by atoms with Crippen molar-refractivity contribution in [3.8, 4) is 5.75 Å². The van der Waals surface area contributed by atoms with Gasteiger partial charge in [-0.2, -0.15) is 13.2 Å². The van der Waals surface area contributed by atoms with E-state index in [2.05, 4.69) is 10.2 Å². The van der Waals surface area contributed by atoms with E-state index in [9.17, 15) is 22.8 Å². The van der Waals surface area contributed by atoms with Crippen molar-refractivity contribution in [3.05, 3.63) is 59.7 Å². The summed E-state index contributed by atoms with van der Waals surface area (Å²) in [6.45, 7) is 3.95. The molecule has 2 aliphatic rings. The summed E-state index contributed by atoms with van der Waals surface area (Å²) in [5.74, 6) is 0.351. The first-order chi connectivity index (χ1) is 16.3. The Morgan fingerprint density at radius 1 is 0.882 bits per heavy atom. The summed E-state index contributed by atoms with van der Waals surface area (Å²) in [5.41, 5.74) is -0.0761. The molecule has 0 atom stereocenters. The molecule has 0 aromatic heterocycles. The van der Waals surface area contributed by atoms with Crippen LogP contribution in [0.5, 0.6) is 5.75 Å². The quantitative estimate of drug-likeness (QED) is 0.719. The van der Waals surface area contributed by atoms with Crippen LogP contribution in [0.15, 0.2) is 48.5 Å². The number of benzene rings is 2. The fraction of sp³-hybridized carbons (Fsp3) is 0.417. The van der Waals surface area contributed by atoms with Crippen LogP contribution in [-0.4, -0.2) is 78.9 Å². The van der Waals surface area contributed by atoms with Crippen molar-refractivity contribution in [2.45, 2.75) is 12.7 Å². The third-order valence-electron chi connectivity index (χ3n) is 5.99. The van der Waals surface area contributed by atoms with Crippen LogP contribution in [-0.2, 0) is 22.3 Å². The van der Waals surface area contributed by atoms with Gasteiger partial charge in [0.2, 0.25) is 11.8 Å². The Morgan fingerprint density at radius 2 is 1.59 bits per heavy atom. The maximum Gasteiger partial charge on any atom is 0.418 e. The van der Waals surface area contributed by atoms with Gasteiger partial charge in [0.25, 0.3) is 0 Å². The molecule has 0 radical (unpaired) electrons. The lowest BCUT2D eigenvalue weighted by Gasteiger charge is -2.35. The van der Waals surface area contributed by atoms with Crippen molar-refractivity contribution < 1.29 is 27.5 Å². The van der Waals surface area contributed by atoms with E-state index in [1.165, 1.54) is 18.2 Å². The number of carbonyl (C=O) groups excluding carboxylic acids is 2. The second kappa shape index (κ2) is 10.4. The lowest BCUT2D eigenvalue weighted by molar-refractivity contribution is -0.137. The van der Waals surface area contributed by atoms with Gasteiger partial charge in [0.05, 0.1) is 24.3 Å². The highest BCUT2D eigenvalue weighted by atomic mass is 19.4. The van der Waals surface area contributed by atoms with E-state index in [0.29, 0.717) is 45.9 Å². The summed E-state index contributed by atoms with van der Waals surface area (Å²) in [6.07, 6.45) is -4.54.